The van der Waals surface area contributed by atoms with Gasteiger partial charge in [0.15, 0.2) is 0 Å². The monoisotopic (exact) mass is 416 g/mol. The Hall–Kier alpha value is -3.25. The summed E-state index contributed by atoms with van der Waals surface area (Å²) >= 11 is 0. The summed E-state index contributed by atoms with van der Waals surface area (Å²) in [5, 5.41) is 20.1. The maximum absolute atomic E-state index is 12.9. The number of aryl methyl sites for hydroxylation is 1. The number of nitrogens with zero attached hydrogens (tertiary/aromatic N) is 2. The van der Waals surface area contributed by atoms with Crippen molar-refractivity contribution in [2.24, 2.45) is 11.7 Å². The van der Waals surface area contributed by atoms with Crippen molar-refractivity contribution in [3.05, 3.63) is 35.9 Å². The lowest BCUT2D eigenvalue weighted by molar-refractivity contribution is -0.153. The van der Waals surface area contributed by atoms with E-state index in [4.69, 9.17) is 16.1 Å². The van der Waals surface area contributed by atoms with Crippen molar-refractivity contribution in [3.8, 4) is 6.07 Å². The Morgan fingerprint density at radius 1 is 1.17 bits per heavy atom. The summed E-state index contributed by atoms with van der Waals surface area (Å²) in [6, 6.07) is 7.35. The van der Waals surface area contributed by atoms with Crippen LogP contribution >= 0.6 is 0 Å². The maximum Gasteiger partial charge on any atom is 0.306 e. The van der Waals surface area contributed by atoms with E-state index in [9.17, 15) is 19.2 Å². The second-order valence-corrected chi connectivity index (χ2v) is 7.32. The van der Waals surface area contributed by atoms with E-state index < -0.39 is 48.2 Å². The highest BCUT2D eigenvalue weighted by Crippen LogP contribution is 2.13. The summed E-state index contributed by atoms with van der Waals surface area (Å²) in [7, 11) is 0. The van der Waals surface area contributed by atoms with E-state index in [2.05, 4.69) is 5.32 Å². The molecule has 0 fully saturated rings. The third-order valence-corrected chi connectivity index (χ3v) is 4.60. The minimum Gasteiger partial charge on any atom is -0.481 e. The molecule has 0 aliphatic rings. The molecular formula is C21H28N4O5. The summed E-state index contributed by atoms with van der Waals surface area (Å²) in [6.45, 7) is 4.78. The zero-order valence-corrected chi connectivity index (χ0v) is 17.4. The number of amides is 3. The van der Waals surface area contributed by atoms with Crippen LogP contribution in [0.5, 0.6) is 0 Å². The number of rotatable bonds is 10. The van der Waals surface area contributed by atoms with Gasteiger partial charge >= 0.3 is 5.97 Å². The van der Waals surface area contributed by atoms with E-state index >= 15 is 0 Å². The van der Waals surface area contributed by atoms with Gasteiger partial charge < -0.3 is 16.2 Å². The molecule has 3 atom stereocenters. The Kier molecular flexibility index (Phi) is 9.65. The topological polar surface area (TPSA) is 154 Å². The number of imide groups is 1. The van der Waals surface area contributed by atoms with Crippen molar-refractivity contribution in [3.63, 3.8) is 0 Å². The number of benzene rings is 1. The highest BCUT2D eigenvalue weighted by molar-refractivity contribution is 6.02. The van der Waals surface area contributed by atoms with E-state index in [1.54, 1.807) is 19.9 Å². The van der Waals surface area contributed by atoms with Gasteiger partial charge in [-0.1, -0.05) is 44.2 Å². The molecule has 0 spiro atoms. The maximum atomic E-state index is 12.9. The lowest BCUT2D eigenvalue weighted by atomic mass is 10.0. The molecule has 1 aromatic carbocycles. The summed E-state index contributed by atoms with van der Waals surface area (Å²) in [5.41, 5.74) is 6.83. The fourth-order valence-electron chi connectivity index (χ4n) is 2.71. The number of carbonyl (C=O) groups excluding carboxylic acids is 3. The molecule has 1 unspecified atom stereocenters. The number of hydrogen-bond acceptors (Lipinski definition) is 6. The number of carboxylic acids is 1. The highest BCUT2D eigenvalue weighted by atomic mass is 16.4. The van der Waals surface area contributed by atoms with Gasteiger partial charge in [0.2, 0.25) is 17.7 Å². The second kappa shape index (κ2) is 11.7. The van der Waals surface area contributed by atoms with Crippen LogP contribution in [0.1, 0.15) is 39.2 Å². The molecule has 0 radical (unpaired) electrons. The summed E-state index contributed by atoms with van der Waals surface area (Å²) in [5.74, 6) is -3.61. The lowest BCUT2D eigenvalue weighted by Crippen LogP contribution is -2.57. The number of carbonyl (C=O) groups is 4. The van der Waals surface area contributed by atoms with Gasteiger partial charge in [-0.3, -0.25) is 24.1 Å². The van der Waals surface area contributed by atoms with Gasteiger partial charge in [-0.05, 0) is 24.8 Å². The first-order chi connectivity index (χ1) is 14.1. The van der Waals surface area contributed by atoms with E-state index in [1.165, 1.54) is 6.92 Å². The van der Waals surface area contributed by atoms with Crippen molar-refractivity contribution in [1.29, 1.82) is 5.26 Å². The number of aliphatic carboxylic acids is 1. The lowest BCUT2D eigenvalue weighted by Gasteiger charge is -2.30. The van der Waals surface area contributed by atoms with E-state index in [0.717, 1.165) is 10.5 Å². The van der Waals surface area contributed by atoms with Crippen molar-refractivity contribution < 1.29 is 24.3 Å². The number of nitrogens with one attached hydrogen (secondary N) is 1. The van der Waals surface area contributed by atoms with Crippen LogP contribution in [0.15, 0.2) is 30.3 Å². The molecule has 1 rings (SSSR count). The third-order valence-electron chi connectivity index (χ3n) is 4.60. The van der Waals surface area contributed by atoms with Gasteiger partial charge in [0.25, 0.3) is 0 Å². The van der Waals surface area contributed by atoms with Gasteiger partial charge in [0, 0.05) is 6.42 Å². The van der Waals surface area contributed by atoms with Crippen molar-refractivity contribution in [1.82, 2.24) is 10.2 Å². The van der Waals surface area contributed by atoms with Crippen LogP contribution in [0.4, 0.5) is 0 Å². The molecular weight excluding hydrogens is 388 g/mol. The molecule has 0 bridgehead atoms. The van der Waals surface area contributed by atoms with Crippen LogP contribution in [0.3, 0.4) is 0 Å². The summed E-state index contributed by atoms with van der Waals surface area (Å²) in [4.78, 5) is 49.9. The molecule has 30 heavy (non-hydrogen) atoms. The Morgan fingerprint density at radius 2 is 1.77 bits per heavy atom. The zero-order chi connectivity index (χ0) is 22.8. The first-order valence-corrected chi connectivity index (χ1v) is 9.65. The highest BCUT2D eigenvalue weighted by Gasteiger charge is 2.35. The Morgan fingerprint density at radius 3 is 2.27 bits per heavy atom. The minimum absolute atomic E-state index is 0.0189. The molecule has 0 aliphatic carbocycles. The molecule has 0 aromatic heterocycles. The minimum atomic E-state index is -1.28. The molecule has 1 aromatic rings. The van der Waals surface area contributed by atoms with Crippen LogP contribution in [-0.4, -0.2) is 51.8 Å². The molecule has 0 saturated carbocycles. The van der Waals surface area contributed by atoms with Gasteiger partial charge in [0.05, 0.1) is 18.5 Å². The van der Waals surface area contributed by atoms with Crippen LogP contribution in [-0.2, 0) is 25.6 Å². The Bertz CT molecular complexity index is 803. The second-order valence-electron chi connectivity index (χ2n) is 7.32. The van der Waals surface area contributed by atoms with Gasteiger partial charge in [0.1, 0.15) is 12.1 Å². The molecule has 3 amide bonds. The average Bonchev–Trinajstić information content (AvgIpc) is 2.71. The van der Waals surface area contributed by atoms with Crippen molar-refractivity contribution >= 4 is 23.7 Å². The van der Waals surface area contributed by atoms with Crippen LogP contribution < -0.4 is 11.1 Å². The molecule has 0 aliphatic heterocycles. The largest absolute Gasteiger partial charge is 0.481 e. The van der Waals surface area contributed by atoms with E-state index in [1.807, 2.05) is 30.3 Å². The van der Waals surface area contributed by atoms with E-state index in [0.29, 0.717) is 6.42 Å². The first kappa shape index (κ1) is 24.8. The summed E-state index contributed by atoms with van der Waals surface area (Å²) < 4.78 is 0. The molecule has 9 nitrogen and oxygen atoms in total. The van der Waals surface area contributed by atoms with Crippen molar-refractivity contribution in [2.45, 2.75) is 58.2 Å². The van der Waals surface area contributed by atoms with Gasteiger partial charge in [-0.25, -0.2) is 0 Å². The fraction of sp³-hybridized carbons (Fsp3) is 0.476. The SMILES string of the molecule is CC(C)[C@H](N)C(=O)N(C(=O)CCc1ccccc1)[C@@H](C)C(=O)NC(C#N)CC(=O)O. The predicted molar refractivity (Wildman–Crippen MR) is 109 cm³/mol. The molecule has 162 valence electrons. The molecule has 0 heterocycles. The number of nitrogens with two attached hydrogens (primary N) is 1. The van der Waals surface area contributed by atoms with Crippen molar-refractivity contribution in [2.75, 3.05) is 0 Å². The van der Waals surface area contributed by atoms with Crippen LogP contribution in [0, 0.1) is 17.2 Å². The Labute approximate surface area is 175 Å². The van der Waals surface area contributed by atoms with Gasteiger partial charge in [-0.15, -0.1) is 0 Å². The third kappa shape index (κ3) is 7.29. The molecule has 9 heteroatoms. The van der Waals surface area contributed by atoms with E-state index in [-0.39, 0.29) is 12.3 Å². The fourth-order valence-corrected chi connectivity index (χ4v) is 2.71. The number of hydrogen-bond donors (Lipinski definition) is 3. The number of carboxylic acid groups (broad SMARTS) is 1. The Balaban J connectivity index is 3.02. The zero-order valence-electron chi connectivity index (χ0n) is 17.4. The smallest absolute Gasteiger partial charge is 0.306 e. The quantitative estimate of drug-likeness (QED) is 0.510. The summed E-state index contributed by atoms with van der Waals surface area (Å²) in [6.07, 6.45) is -0.250. The normalized spacial score (nSPS) is 13.6. The van der Waals surface area contributed by atoms with Crippen LogP contribution in [0.2, 0.25) is 0 Å². The van der Waals surface area contributed by atoms with Gasteiger partial charge in [-0.2, -0.15) is 5.26 Å². The molecule has 0 saturated heterocycles. The predicted octanol–water partition coefficient (Wildman–Crippen LogP) is 0.829. The average molecular weight is 416 g/mol. The number of nitriles is 1. The first-order valence-electron chi connectivity index (χ1n) is 9.65. The van der Waals surface area contributed by atoms with Crippen LogP contribution in [0.25, 0.3) is 0 Å². The standard InChI is InChI=1S/C21H28N4O5/c1-13(2)19(23)21(30)25(17(26)10-9-15-7-5-4-6-8-15)14(3)20(29)24-16(12-22)11-18(27)28/h4-8,13-14,16,19H,9-11,23H2,1-3H3,(H,24,29)(H,27,28)/t14-,16?,19-/m0/s1. The molecule has 4 N–H and O–H groups in total.